The Morgan fingerprint density at radius 2 is 1.79 bits per heavy atom. The molecule has 0 amide bonds. The second kappa shape index (κ2) is 6.53. The summed E-state index contributed by atoms with van der Waals surface area (Å²) in [6.07, 6.45) is 5.38. The summed E-state index contributed by atoms with van der Waals surface area (Å²) >= 11 is 3.46. The van der Waals surface area contributed by atoms with Crippen LogP contribution in [0.1, 0.15) is 25.7 Å². The van der Waals surface area contributed by atoms with Crippen LogP contribution < -0.4 is 5.32 Å². The van der Waals surface area contributed by atoms with Crippen LogP contribution in [0.25, 0.3) is 16.9 Å². The number of imidazole rings is 1. The number of anilines is 1. The Bertz CT molecular complexity index is 838. The second-order valence-corrected chi connectivity index (χ2v) is 7.20. The molecule has 2 N–H and O–H groups in total. The fourth-order valence-electron chi connectivity index (χ4n) is 3.20. The van der Waals surface area contributed by atoms with Crippen molar-refractivity contribution in [3.8, 4) is 11.3 Å². The first kappa shape index (κ1) is 15.6. The van der Waals surface area contributed by atoms with Gasteiger partial charge in [-0.3, -0.25) is 0 Å². The van der Waals surface area contributed by atoms with Crippen LogP contribution in [-0.2, 0) is 0 Å². The van der Waals surface area contributed by atoms with Crippen molar-refractivity contribution >= 4 is 27.4 Å². The lowest BCUT2D eigenvalue weighted by Crippen LogP contribution is -2.28. The van der Waals surface area contributed by atoms with Crippen LogP contribution in [0.2, 0.25) is 0 Å². The summed E-state index contributed by atoms with van der Waals surface area (Å²) in [5.74, 6) is 0.847. The summed E-state index contributed by atoms with van der Waals surface area (Å²) in [7, 11) is 0. The first-order chi connectivity index (χ1) is 11.7. The van der Waals surface area contributed by atoms with Gasteiger partial charge in [0.15, 0.2) is 5.65 Å². The van der Waals surface area contributed by atoms with Gasteiger partial charge in [-0.2, -0.15) is 0 Å². The van der Waals surface area contributed by atoms with Gasteiger partial charge in [0.1, 0.15) is 5.82 Å². The van der Waals surface area contributed by atoms with E-state index in [4.69, 9.17) is 5.10 Å². The standard InChI is InChI=1S/C18H19BrN4O/c19-13-3-1-12(2-4-13)16-11-20-18-10-9-17(22-23(16)18)21-14-5-7-15(24)8-6-14/h1-4,9-11,14-15,24H,5-8H2,(H,21,22). The number of halogens is 1. The van der Waals surface area contributed by atoms with E-state index in [1.54, 1.807) is 0 Å². The van der Waals surface area contributed by atoms with Crippen LogP contribution >= 0.6 is 15.9 Å². The molecule has 0 unspecified atom stereocenters. The summed E-state index contributed by atoms with van der Waals surface area (Å²) in [6.45, 7) is 0. The fraction of sp³-hybridized carbons (Fsp3) is 0.333. The molecule has 5 nitrogen and oxygen atoms in total. The van der Waals surface area contributed by atoms with E-state index in [1.807, 2.05) is 35.0 Å². The molecule has 2 aromatic heterocycles. The Kier molecular flexibility index (Phi) is 4.24. The first-order valence-corrected chi connectivity index (χ1v) is 9.04. The highest BCUT2D eigenvalue weighted by Crippen LogP contribution is 2.24. The topological polar surface area (TPSA) is 62.5 Å². The van der Waals surface area contributed by atoms with E-state index in [0.29, 0.717) is 6.04 Å². The largest absolute Gasteiger partial charge is 0.393 e. The second-order valence-electron chi connectivity index (χ2n) is 6.29. The van der Waals surface area contributed by atoms with E-state index in [9.17, 15) is 5.11 Å². The van der Waals surface area contributed by atoms with Crippen LogP contribution in [0.3, 0.4) is 0 Å². The molecule has 124 valence electrons. The molecule has 0 bridgehead atoms. The number of fused-ring (bicyclic) bond motifs is 1. The Morgan fingerprint density at radius 1 is 1.04 bits per heavy atom. The predicted molar refractivity (Wildman–Crippen MR) is 98.0 cm³/mol. The summed E-state index contributed by atoms with van der Waals surface area (Å²) in [4.78, 5) is 4.44. The van der Waals surface area contributed by atoms with Gasteiger partial charge in [0.2, 0.25) is 0 Å². The number of aliphatic hydroxyl groups excluding tert-OH is 1. The summed E-state index contributed by atoms with van der Waals surface area (Å²) < 4.78 is 2.93. The number of hydrogen-bond donors (Lipinski definition) is 2. The van der Waals surface area contributed by atoms with Gasteiger partial charge in [-0.1, -0.05) is 28.1 Å². The van der Waals surface area contributed by atoms with Crippen molar-refractivity contribution in [3.05, 3.63) is 47.1 Å². The highest BCUT2D eigenvalue weighted by Gasteiger charge is 2.19. The van der Waals surface area contributed by atoms with E-state index < -0.39 is 0 Å². The van der Waals surface area contributed by atoms with Crippen LogP contribution in [-0.4, -0.2) is 31.9 Å². The molecule has 0 saturated heterocycles. The van der Waals surface area contributed by atoms with Crippen molar-refractivity contribution in [2.24, 2.45) is 0 Å². The highest BCUT2D eigenvalue weighted by atomic mass is 79.9. The van der Waals surface area contributed by atoms with Gasteiger partial charge in [0, 0.05) is 16.1 Å². The van der Waals surface area contributed by atoms with E-state index >= 15 is 0 Å². The number of rotatable bonds is 3. The monoisotopic (exact) mass is 386 g/mol. The zero-order chi connectivity index (χ0) is 16.5. The van der Waals surface area contributed by atoms with Crippen LogP contribution in [0.15, 0.2) is 47.1 Å². The molecule has 1 saturated carbocycles. The third-order valence-corrected chi connectivity index (χ3v) is 5.08. The Balaban J connectivity index is 1.62. The number of aliphatic hydroxyl groups is 1. The van der Waals surface area contributed by atoms with E-state index in [1.165, 1.54) is 0 Å². The lowest BCUT2D eigenvalue weighted by molar-refractivity contribution is 0.126. The molecule has 0 spiro atoms. The van der Waals surface area contributed by atoms with E-state index in [0.717, 1.165) is 52.9 Å². The zero-order valence-electron chi connectivity index (χ0n) is 13.2. The van der Waals surface area contributed by atoms with Crippen molar-refractivity contribution in [2.45, 2.75) is 37.8 Å². The quantitative estimate of drug-likeness (QED) is 0.716. The molecule has 2 heterocycles. The Labute approximate surface area is 148 Å². The van der Waals surface area contributed by atoms with Gasteiger partial charge in [0.05, 0.1) is 18.0 Å². The average molecular weight is 387 g/mol. The Hall–Kier alpha value is -1.92. The third kappa shape index (κ3) is 3.16. The van der Waals surface area contributed by atoms with Gasteiger partial charge in [-0.15, -0.1) is 5.10 Å². The van der Waals surface area contributed by atoms with Crippen LogP contribution in [0.4, 0.5) is 5.82 Å². The van der Waals surface area contributed by atoms with Gasteiger partial charge in [0.25, 0.3) is 0 Å². The molecule has 0 radical (unpaired) electrons. The molecule has 3 aromatic rings. The van der Waals surface area contributed by atoms with Crippen molar-refractivity contribution in [1.82, 2.24) is 14.6 Å². The molecule has 24 heavy (non-hydrogen) atoms. The third-order valence-electron chi connectivity index (χ3n) is 4.55. The SMILES string of the molecule is OC1CCC(Nc2ccc3ncc(-c4ccc(Br)cc4)n3n2)CC1. The smallest absolute Gasteiger partial charge is 0.154 e. The maximum Gasteiger partial charge on any atom is 0.154 e. The number of benzene rings is 1. The van der Waals surface area contributed by atoms with Crippen molar-refractivity contribution in [1.29, 1.82) is 0 Å². The number of aromatic nitrogens is 3. The maximum atomic E-state index is 9.63. The van der Waals surface area contributed by atoms with E-state index in [2.05, 4.69) is 38.4 Å². The van der Waals surface area contributed by atoms with Gasteiger partial charge in [-0.25, -0.2) is 9.50 Å². The van der Waals surface area contributed by atoms with Crippen molar-refractivity contribution in [2.75, 3.05) is 5.32 Å². The fourth-order valence-corrected chi connectivity index (χ4v) is 3.46. The minimum atomic E-state index is -0.142. The minimum Gasteiger partial charge on any atom is -0.393 e. The highest BCUT2D eigenvalue weighted by molar-refractivity contribution is 9.10. The van der Waals surface area contributed by atoms with Gasteiger partial charge >= 0.3 is 0 Å². The van der Waals surface area contributed by atoms with Gasteiger partial charge in [-0.05, 0) is 49.9 Å². The maximum absolute atomic E-state index is 9.63. The van der Waals surface area contributed by atoms with Crippen LogP contribution in [0, 0.1) is 0 Å². The van der Waals surface area contributed by atoms with Gasteiger partial charge < -0.3 is 10.4 Å². The average Bonchev–Trinajstić information content (AvgIpc) is 3.01. The predicted octanol–water partition coefficient (Wildman–Crippen LogP) is 3.87. The van der Waals surface area contributed by atoms with E-state index in [-0.39, 0.29) is 6.10 Å². The molecule has 0 atom stereocenters. The molecule has 6 heteroatoms. The normalized spacial score (nSPS) is 21.1. The number of hydrogen-bond acceptors (Lipinski definition) is 4. The molecule has 1 aromatic carbocycles. The molecule has 1 fully saturated rings. The minimum absolute atomic E-state index is 0.142. The lowest BCUT2D eigenvalue weighted by atomic mass is 9.93. The summed E-state index contributed by atoms with van der Waals surface area (Å²) in [6, 6.07) is 12.5. The molecule has 1 aliphatic carbocycles. The summed E-state index contributed by atoms with van der Waals surface area (Å²) in [5.41, 5.74) is 2.88. The van der Waals surface area contributed by atoms with Crippen molar-refractivity contribution in [3.63, 3.8) is 0 Å². The zero-order valence-corrected chi connectivity index (χ0v) is 14.8. The Morgan fingerprint density at radius 3 is 2.54 bits per heavy atom. The lowest BCUT2D eigenvalue weighted by Gasteiger charge is -2.26. The summed E-state index contributed by atoms with van der Waals surface area (Å²) in [5, 5.41) is 17.8. The number of nitrogens with one attached hydrogen (secondary N) is 1. The molecular weight excluding hydrogens is 368 g/mol. The number of nitrogens with zero attached hydrogens (tertiary/aromatic N) is 3. The first-order valence-electron chi connectivity index (χ1n) is 8.24. The molecule has 4 rings (SSSR count). The van der Waals surface area contributed by atoms with Crippen LogP contribution in [0.5, 0.6) is 0 Å². The molecule has 0 aliphatic heterocycles. The molecular formula is C18H19BrN4O. The molecule has 1 aliphatic rings. The van der Waals surface area contributed by atoms with Crippen molar-refractivity contribution < 1.29 is 5.11 Å².